The van der Waals surface area contributed by atoms with Gasteiger partial charge in [0.15, 0.2) is 18.2 Å². The second-order valence-electron chi connectivity index (χ2n) is 30.7. The molecule has 637 valence electrons. The average Bonchev–Trinajstić information content (AvgIpc) is 0.859. The molecule has 9 amide bonds. The summed E-state index contributed by atoms with van der Waals surface area (Å²) in [6, 6.07) is 44.1. The summed E-state index contributed by atoms with van der Waals surface area (Å²) in [5.74, 6) is -6.15. The summed E-state index contributed by atoms with van der Waals surface area (Å²) in [6.45, 7) is 14.6. The summed E-state index contributed by atoms with van der Waals surface area (Å²) in [7, 11) is 3.17. The minimum atomic E-state index is -1.76. The van der Waals surface area contributed by atoms with Crippen LogP contribution in [-0.4, -0.2) is 176 Å². The summed E-state index contributed by atoms with van der Waals surface area (Å²) in [5, 5.41) is 54.2. The molecular weight excluding hydrogens is 1510 g/mol. The van der Waals surface area contributed by atoms with Crippen molar-refractivity contribution < 1.29 is 91.8 Å². The van der Waals surface area contributed by atoms with Crippen LogP contribution in [-0.2, 0) is 92.7 Å². The van der Waals surface area contributed by atoms with Gasteiger partial charge in [0, 0.05) is 34.1 Å². The zero-order valence-electron chi connectivity index (χ0n) is 69.6. The number of aliphatic carboxylic acids is 1. The Morgan fingerprint density at radius 1 is 0.424 bits per heavy atom. The Labute approximate surface area is 694 Å². The van der Waals surface area contributed by atoms with Crippen molar-refractivity contribution in [2.24, 2.45) is 11.8 Å². The van der Waals surface area contributed by atoms with Crippen LogP contribution in [0.15, 0.2) is 170 Å². The largest absolute Gasteiger partial charge is 0.497 e. The van der Waals surface area contributed by atoms with Crippen molar-refractivity contribution in [1.29, 1.82) is 0 Å². The Kier molecular flexibility index (Phi) is 43.2. The predicted molar refractivity (Wildman–Crippen MR) is 447 cm³/mol. The number of aliphatic hydroxyl groups excluding tert-OH is 2. The van der Waals surface area contributed by atoms with Gasteiger partial charge in [0.25, 0.3) is 5.91 Å². The van der Waals surface area contributed by atoms with Gasteiger partial charge in [-0.3, -0.25) is 43.2 Å². The van der Waals surface area contributed by atoms with Crippen LogP contribution in [0.2, 0.25) is 0 Å². The van der Waals surface area contributed by atoms with Crippen molar-refractivity contribution in [3.8, 4) is 11.5 Å². The summed E-state index contributed by atoms with van der Waals surface area (Å²) in [6.07, 6.45) is 5.74. The van der Waals surface area contributed by atoms with E-state index in [2.05, 4.69) is 47.9 Å². The number of aryl methyl sites for hydroxylation is 2. The van der Waals surface area contributed by atoms with Gasteiger partial charge in [0.05, 0.1) is 39.9 Å². The highest BCUT2D eigenvalue weighted by atomic mass is 16.6. The van der Waals surface area contributed by atoms with Gasteiger partial charge in [-0.25, -0.2) is 14.4 Å². The zero-order chi connectivity index (χ0) is 86.0. The second kappa shape index (κ2) is 51.6. The van der Waals surface area contributed by atoms with Crippen LogP contribution in [0, 0.1) is 11.8 Å². The van der Waals surface area contributed by atoms with E-state index in [-0.39, 0.29) is 77.3 Å². The fourth-order valence-electron chi connectivity index (χ4n) is 12.6. The number of carboxylic acid groups (broad SMARTS) is 1. The van der Waals surface area contributed by atoms with Crippen molar-refractivity contribution in [1.82, 2.24) is 47.9 Å². The van der Waals surface area contributed by atoms with E-state index in [0.717, 1.165) is 66.5 Å². The number of hydrogen-bond acceptors (Lipinski definition) is 18. The van der Waals surface area contributed by atoms with Crippen LogP contribution in [0.1, 0.15) is 178 Å². The zero-order valence-corrected chi connectivity index (χ0v) is 69.6. The summed E-state index contributed by atoms with van der Waals surface area (Å²) in [4.78, 5) is 153. The van der Waals surface area contributed by atoms with E-state index in [1.807, 2.05) is 79.7 Å². The molecule has 7 rings (SSSR count). The Bertz CT molecular complexity index is 4110. The molecule has 9 atom stereocenters. The highest BCUT2D eigenvalue weighted by molar-refractivity contribution is 5.94. The van der Waals surface area contributed by atoms with Gasteiger partial charge in [-0.1, -0.05) is 198 Å². The molecule has 1 saturated carbocycles. The third-order valence-corrected chi connectivity index (χ3v) is 18.7. The fraction of sp³-hybridized carbons (Fsp3) is 0.461. The molecule has 4 unspecified atom stereocenters. The fourth-order valence-corrected chi connectivity index (χ4v) is 12.6. The van der Waals surface area contributed by atoms with Crippen LogP contribution in [0.5, 0.6) is 11.5 Å². The van der Waals surface area contributed by atoms with Crippen LogP contribution in [0.4, 0.5) is 0 Å². The summed E-state index contributed by atoms with van der Waals surface area (Å²) < 4.78 is 21.2. The molecule has 1 aliphatic carbocycles. The Morgan fingerprint density at radius 3 is 1.24 bits per heavy atom. The lowest BCUT2D eigenvalue weighted by Gasteiger charge is -2.31. The normalized spacial score (nSPS) is 14.1. The van der Waals surface area contributed by atoms with Crippen molar-refractivity contribution in [3.63, 3.8) is 0 Å². The smallest absolute Gasteiger partial charge is 0.333 e. The maximum Gasteiger partial charge on any atom is 0.333 e. The molecule has 28 nitrogen and oxygen atoms in total. The Morgan fingerprint density at radius 2 is 0.822 bits per heavy atom. The van der Waals surface area contributed by atoms with E-state index >= 15 is 0 Å². The first-order valence-corrected chi connectivity index (χ1v) is 39.8. The van der Waals surface area contributed by atoms with E-state index in [0.29, 0.717) is 42.6 Å². The van der Waals surface area contributed by atoms with Crippen molar-refractivity contribution >= 4 is 79.5 Å². The number of hydrogen-bond donors (Lipinski definition) is 12. The number of esters is 2. The second-order valence-corrected chi connectivity index (χ2v) is 30.7. The number of carbonyl (C=O) groups is 12. The van der Waals surface area contributed by atoms with Crippen LogP contribution in [0.25, 0.3) is 0 Å². The molecule has 3 radical (unpaired) electrons. The topological polar surface area (TPSA) is 411 Å². The summed E-state index contributed by atoms with van der Waals surface area (Å²) in [5.41, 5.74) is 3.03. The minimum Gasteiger partial charge on any atom is -0.497 e. The number of carbonyl (C=O) groups excluding carboxylic acids is 11. The number of benzene rings is 6. The van der Waals surface area contributed by atoms with Crippen molar-refractivity contribution in [2.45, 2.75) is 218 Å². The quantitative estimate of drug-likeness (QED) is 0.0130. The van der Waals surface area contributed by atoms with Gasteiger partial charge in [0.2, 0.25) is 47.3 Å². The molecule has 12 N–H and O–H groups in total. The van der Waals surface area contributed by atoms with Crippen LogP contribution < -0.4 is 57.3 Å². The summed E-state index contributed by atoms with van der Waals surface area (Å²) >= 11 is 0. The number of aliphatic hydroxyl groups is 2. The molecule has 6 aromatic carbocycles. The Hall–Kier alpha value is -11.5. The molecular formula is C89H119BN9O19. The number of methoxy groups -OCH3 is 2. The standard InChI is InChI=1S/C41H53N5O9.C27H34N2O5.C21H32N2O5.B/c1-6-13-31(37(50)39(52)43-26-35(49)46-36(29-16-11-8-12-17-29)40(53)55-41(2,3)4)45-38(51)32(24-28-14-9-7-10-15-28)44-34(48)25-42-33(47)23-20-27-18-21-30(54-5)22-19-27;1-34-22-15-12-19(13-16-22)14-17-24(30)29-25(21-10-6-3-7-11-21)26(31)28-23(27(32)33)18-20-8-4-2-5-9-20;1-6-10-14(2)18(25)19(26)22-13-16(24)23-17(15-11-8-7-9-12-15)20(27)28-21(3,4)5;/h7-12,14-19,21-22,31-32,36-37,50H,6,13,20,23-26H2,1-5H3,(H,42,47)(H,43,52)(H,44,48)(H,45,51)(H,46,49);2,4-5,8-9,12-13,15-16,21,23,25H,3,6-7,10-11,14,17-18H2,1H3,(H,28,31)(H,29,30)(H,32,33);7-9,11-12,14,17-18,25H,6,10,13H2,1-5H3,(H,22,26)(H,23,24);/t31?,32-,36-,37?;23-,25-;14?,17-,18?;/m000./s1. The van der Waals surface area contributed by atoms with E-state index < -0.39 is 125 Å². The molecule has 118 heavy (non-hydrogen) atoms. The third-order valence-electron chi connectivity index (χ3n) is 18.7. The lowest BCUT2D eigenvalue weighted by molar-refractivity contribution is -0.159. The first-order valence-electron chi connectivity index (χ1n) is 39.8. The Balaban J connectivity index is 0.000000398. The molecule has 0 saturated heterocycles. The van der Waals surface area contributed by atoms with Crippen LogP contribution >= 0.6 is 0 Å². The highest BCUT2D eigenvalue weighted by Crippen LogP contribution is 2.28. The van der Waals surface area contributed by atoms with E-state index in [4.69, 9.17) is 18.9 Å². The van der Waals surface area contributed by atoms with Gasteiger partial charge in [-0.2, -0.15) is 0 Å². The number of nitrogens with one attached hydrogen (secondary N) is 9. The predicted octanol–water partition coefficient (Wildman–Crippen LogP) is 7.66. The van der Waals surface area contributed by atoms with Crippen LogP contribution in [0.3, 0.4) is 0 Å². The number of rotatable bonds is 40. The van der Waals surface area contributed by atoms with Gasteiger partial charge < -0.3 is 82.1 Å². The molecule has 1 aliphatic rings. The van der Waals surface area contributed by atoms with Crippen molar-refractivity contribution in [3.05, 3.63) is 203 Å². The SMILES string of the molecule is CCCC(C)C(O)C(=O)NCC(=O)N[C@H](C(=O)OC(C)(C)C)c1ccccc1.CCCC(NC(=O)[C@H](Cc1ccccc1)NC(=O)CNC(=O)CCc1ccc(OC)cc1)C(O)C(=O)NCC(=O)N[C@H](C(=O)OC(C)(C)C)c1ccccc1.COc1ccc(CCC(=O)N[C@H](C(=O)N[C@@H](Cc2ccccc2)C(=O)O)C2CCCCC2)cc1.[B]. The number of ether oxygens (including phenoxy) is 4. The molecule has 0 heterocycles. The van der Waals surface area contributed by atoms with Crippen molar-refractivity contribution in [2.75, 3.05) is 33.9 Å². The van der Waals surface area contributed by atoms with Gasteiger partial charge >= 0.3 is 17.9 Å². The maximum absolute atomic E-state index is 13.7. The monoisotopic (exact) mass is 1630 g/mol. The molecule has 0 aromatic heterocycles. The number of amides is 9. The first kappa shape index (κ1) is 98.9. The van der Waals surface area contributed by atoms with E-state index in [1.54, 1.807) is 167 Å². The van der Waals surface area contributed by atoms with Gasteiger partial charge in [0.1, 0.15) is 46.9 Å². The maximum atomic E-state index is 13.7. The molecule has 29 heteroatoms. The van der Waals surface area contributed by atoms with Gasteiger partial charge in [-0.05, 0) is 150 Å². The highest BCUT2D eigenvalue weighted by Gasteiger charge is 2.36. The molecule has 0 spiro atoms. The van der Waals surface area contributed by atoms with E-state index in [1.165, 1.54) is 0 Å². The lowest BCUT2D eigenvalue weighted by Crippen LogP contribution is -2.57. The lowest BCUT2D eigenvalue weighted by atomic mass is 9.83. The minimum absolute atomic E-state index is 0. The molecule has 0 aliphatic heterocycles. The number of carboxylic acids is 1. The molecule has 0 bridgehead atoms. The average molecular weight is 1630 g/mol. The third kappa shape index (κ3) is 37.2. The van der Waals surface area contributed by atoms with Gasteiger partial charge in [-0.15, -0.1) is 0 Å². The molecule has 1 fully saturated rings. The molecule has 6 aromatic rings. The van der Waals surface area contributed by atoms with E-state index in [9.17, 15) is 72.9 Å². The first-order chi connectivity index (χ1) is 55.7.